The summed E-state index contributed by atoms with van der Waals surface area (Å²) in [5.41, 5.74) is 1.88. The van der Waals surface area contributed by atoms with E-state index >= 15 is 0 Å². The Hall–Kier alpha value is -2.14. The molecule has 1 fully saturated rings. The van der Waals surface area contributed by atoms with Crippen LogP contribution in [0.15, 0.2) is 34.3 Å². The maximum atomic E-state index is 12.1. The number of carbonyl (C=O) groups excluding carboxylic acids is 2. The standard InChI is InChI=1S/C20H22O5/c1-11(2)12-4-5-13-6-15(23-19(13)22)9-20(3)18(25-20)17-8-14(10-21)16(7-12)24-17/h6,8,10,12,15,18H,1,4-5,7,9H2,2-3H3/t12-,15-,18-,20-/m1/s1. The van der Waals surface area contributed by atoms with Gasteiger partial charge < -0.3 is 13.9 Å². The number of ether oxygens (including phenoxy) is 2. The Morgan fingerprint density at radius 3 is 2.96 bits per heavy atom. The average molecular weight is 342 g/mol. The third-order valence-electron chi connectivity index (χ3n) is 5.54. The zero-order valence-corrected chi connectivity index (χ0v) is 14.5. The predicted octanol–water partition coefficient (Wildman–Crippen LogP) is 3.69. The lowest BCUT2D eigenvalue weighted by Crippen LogP contribution is -2.18. The van der Waals surface area contributed by atoms with Crippen molar-refractivity contribution < 1.29 is 23.5 Å². The molecule has 0 N–H and O–H groups in total. The number of aldehydes is 1. The van der Waals surface area contributed by atoms with Crippen molar-refractivity contribution >= 4 is 12.3 Å². The first-order valence-corrected chi connectivity index (χ1v) is 8.72. The molecule has 1 aromatic rings. The fourth-order valence-electron chi connectivity index (χ4n) is 3.90. The fraction of sp³-hybridized carbons (Fsp3) is 0.500. The van der Waals surface area contributed by atoms with Gasteiger partial charge in [0.2, 0.25) is 0 Å². The van der Waals surface area contributed by atoms with E-state index < -0.39 is 5.60 Å². The van der Waals surface area contributed by atoms with Crippen LogP contribution in [0.4, 0.5) is 0 Å². The number of esters is 1. The topological polar surface area (TPSA) is 69.0 Å². The summed E-state index contributed by atoms with van der Waals surface area (Å²) in [6, 6.07) is 1.78. The Morgan fingerprint density at radius 1 is 1.44 bits per heavy atom. The second kappa shape index (κ2) is 5.70. The molecular weight excluding hydrogens is 320 g/mol. The van der Waals surface area contributed by atoms with Crippen LogP contribution in [0.2, 0.25) is 0 Å². The Balaban J connectivity index is 1.71. The van der Waals surface area contributed by atoms with E-state index in [0.717, 1.165) is 23.9 Å². The number of carbonyl (C=O) groups is 2. The number of hydrogen-bond acceptors (Lipinski definition) is 5. The highest BCUT2D eigenvalue weighted by molar-refractivity contribution is 5.90. The summed E-state index contributed by atoms with van der Waals surface area (Å²) in [5.74, 6) is 1.26. The summed E-state index contributed by atoms with van der Waals surface area (Å²) < 4.78 is 17.3. The quantitative estimate of drug-likeness (QED) is 0.355. The Labute approximate surface area is 146 Å². The van der Waals surface area contributed by atoms with E-state index in [9.17, 15) is 9.59 Å². The molecule has 25 heavy (non-hydrogen) atoms. The Morgan fingerprint density at radius 2 is 2.24 bits per heavy atom. The van der Waals surface area contributed by atoms with E-state index in [1.54, 1.807) is 6.07 Å². The van der Waals surface area contributed by atoms with Gasteiger partial charge in [-0.3, -0.25) is 4.79 Å². The lowest BCUT2D eigenvalue weighted by atomic mass is 9.89. The van der Waals surface area contributed by atoms with Crippen LogP contribution < -0.4 is 0 Å². The van der Waals surface area contributed by atoms with Gasteiger partial charge in [0.1, 0.15) is 29.3 Å². The highest BCUT2D eigenvalue weighted by Crippen LogP contribution is 2.54. The minimum Gasteiger partial charge on any atom is -0.462 e. The van der Waals surface area contributed by atoms with E-state index in [1.165, 1.54) is 0 Å². The van der Waals surface area contributed by atoms with Gasteiger partial charge in [-0.05, 0) is 44.7 Å². The van der Waals surface area contributed by atoms with Gasteiger partial charge in [0.05, 0.1) is 5.56 Å². The summed E-state index contributed by atoms with van der Waals surface area (Å²) in [6.45, 7) is 8.02. The maximum Gasteiger partial charge on any atom is 0.334 e. The number of epoxide rings is 1. The van der Waals surface area contributed by atoms with Crippen molar-refractivity contribution in [3.8, 4) is 0 Å². The molecule has 0 amide bonds. The minimum absolute atomic E-state index is 0.137. The van der Waals surface area contributed by atoms with Crippen molar-refractivity contribution in [2.24, 2.45) is 5.92 Å². The molecule has 0 saturated carbocycles. The van der Waals surface area contributed by atoms with Gasteiger partial charge in [-0.1, -0.05) is 12.2 Å². The zero-order valence-electron chi connectivity index (χ0n) is 14.5. The smallest absolute Gasteiger partial charge is 0.334 e. The third-order valence-corrected chi connectivity index (χ3v) is 5.54. The minimum atomic E-state index is -0.437. The molecule has 0 aliphatic carbocycles. The molecule has 4 bridgehead atoms. The van der Waals surface area contributed by atoms with Crippen LogP contribution in [-0.2, 0) is 20.7 Å². The lowest BCUT2D eigenvalue weighted by Gasteiger charge is -2.16. The van der Waals surface area contributed by atoms with E-state index in [-0.39, 0.29) is 24.1 Å². The van der Waals surface area contributed by atoms with Gasteiger partial charge in [-0.15, -0.1) is 0 Å². The van der Waals surface area contributed by atoms with Crippen LogP contribution >= 0.6 is 0 Å². The van der Waals surface area contributed by atoms with Crippen molar-refractivity contribution in [2.45, 2.75) is 57.3 Å². The van der Waals surface area contributed by atoms with Crippen LogP contribution in [-0.4, -0.2) is 24.0 Å². The molecule has 3 aliphatic heterocycles. The van der Waals surface area contributed by atoms with Crippen LogP contribution in [0.3, 0.4) is 0 Å². The second-order valence-electron chi connectivity index (χ2n) is 7.58. The molecule has 1 aromatic heterocycles. The molecule has 5 heteroatoms. The first-order chi connectivity index (χ1) is 11.9. The van der Waals surface area contributed by atoms with Crippen LogP contribution in [0.25, 0.3) is 0 Å². The summed E-state index contributed by atoms with van der Waals surface area (Å²) in [5, 5.41) is 0. The van der Waals surface area contributed by atoms with Crippen molar-refractivity contribution in [3.05, 3.63) is 47.0 Å². The first-order valence-electron chi connectivity index (χ1n) is 8.72. The van der Waals surface area contributed by atoms with E-state index in [0.29, 0.717) is 36.3 Å². The second-order valence-corrected chi connectivity index (χ2v) is 7.58. The van der Waals surface area contributed by atoms with Gasteiger partial charge in [-0.25, -0.2) is 4.79 Å². The molecule has 132 valence electrons. The summed E-state index contributed by atoms with van der Waals surface area (Å²) in [6.07, 6.45) is 4.89. The molecular formula is C20H22O5. The number of furan rings is 1. The first kappa shape index (κ1) is 16.3. The van der Waals surface area contributed by atoms with Crippen molar-refractivity contribution in [3.63, 3.8) is 0 Å². The van der Waals surface area contributed by atoms with Crippen molar-refractivity contribution in [1.29, 1.82) is 0 Å². The fourth-order valence-corrected chi connectivity index (χ4v) is 3.90. The SMILES string of the molecule is C=C(C)[C@@H]1CCC2=C[C@H](C[C@@]3(C)O[C@@H]3c3cc(C=O)c(o3)C1)OC2=O. The number of fused-ring (bicyclic) bond motifs is 5. The maximum absolute atomic E-state index is 12.1. The lowest BCUT2D eigenvalue weighted by molar-refractivity contribution is -0.140. The Bertz CT molecular complexity index is 786. The normalized spacial score (nSPS) is 33.9. The predicted molar refractivity (Wildman–Crippen MR) is 90.1 cm³/mol. The number of rotatable bonds is 2. The highest BCUT2D eigenvalue weighted by Gasteiger charge is 2.57. The zero-order chi connectivity index (χ0) is 17.8. The van der Waals surface area contributed by atoms with Crippen molar-refractivity contribution in [2.75, 3.05) is 0 Å². The molecule has 1 saturated heterocycles. The van der Waals surface area contributed by atoms with Gasteiger partial charge in [0.15, 0.2) is 6.29 Å². The van der Waals surface area contributed by atoms with Gasteiger partial charge in [0.25, 0.3) is 0 Å². The van der Waals surface area contributed by atoms with Gasteiger partial charge >= 0.3 is 5.97 Å². The molecule has 3 aliphatic rings. The molecule has 4 atom stereocenters. The molecule has 4 heterocycles. The third kappa shape index (κ3) is 2.86. The summed E-state index contributed by atoms with van der Waals surface area (Å²) in [7, 11) is 0. The van der Waals surface area contributed by atoms with Crippen LogP contribution in [0.1, 0.15) is 61.1 Å². The summed E-state index contributed by atoms with van der Waals surface area (Å²) in [4.78, 5) is 23.6. The largest absolute Gasteiger partial charge is 0.462 e. The molecule has 4 rings (SSSR count). The van der Waals surface area contributed by atoms with Crippen LogP contribution in [0, 0.1) is 5.92 Å². The van der Waals surface area contributed by atoms with E-state index in [4.69, 9.17) is 13.9 Å². The number of hydrogen-bond donors (Lipinski definition) is 0. The van der Waals surface area contributed by atoms with E-state index in [2.05, 4.69) is 6.58 Å². The average Bonchev–Trinajstić information content (AvgIpc) is 2.90. The van der Waals surface area contributed by atoms with Gasteiger partial charge in [-0.2, -0.15) is 0 Å². The van der Waals surface area contributed by atoms with E-state index in [1.807, 2.05) is 19.9 Å². The molecule has 0 radical (unpaired) electrons. The molecule has 5 nitrogen and oxygen atoms in total. The van der Waals surface area contributed by atoms with Crippen molar-refractivity contribution in [1.82, 2.24) is 0 Å². The monoisotopic (exact) mass is 342 g/mol. The summed E-state index contributed by atoms with van der Waals surface area (Å²) >= 11 is 0. The molecule has 0 aromatic carbocycles. The Kier molecular flexibility index (Phi) is 3.72. The number of allylic oxidation sites excluding steroid dienone is 1. The molecule has 0 unspecified atom stereocenters. The highest BCUT2D eigenvalue weighted by atomic mass is 16.6. The van der Waals surface area contributed by atoms with Crippen LogP contribution in [0.5, 0.6) is 0 Å². The van der Waals surface area contributed by atoms with Gasteiger partial charge in [0, 0.05) is 18.4 Å². The molecule has 0 spiro atoms.